The predicted molar refractivity (Wildman–Crippen MR) is 101 cm³/mol. The second-order valence-electron chi connectivity index (χ2n) is 5.46. The summed E-state index contributed by atoms with van der Waals surface area (Å²) in [6.45, 7) is 2.43. The molecule has 140 valence electrons. The standard InChI is InChI=1S/C18H21ClN2O4S/c1-2-25-16-7-9-17(10-8-16)26(23,24)21-13-18(22)20-12-11-14-3-5-15(19)6-4-14/h3-10,21H,2,11-13H2,1H3,(H,20,22). The Morgan fingerprint density at radius 2 is 1.73 bits per heavy atom. The highest BCUT2D eigenvalue weighted by Gasteiger charge is 2.15. The molecular formula is C18H21ClN2O4S. The Labute approximate surface area is 158 Å². The molecular weight excluding hydrogens is 376 g/mol. The highest BCUT2D eigenvalue weighted by Crippen LogP contribution is 2.15. The van der Waals surface area contributed by atoms with Crippen LogP contribution in [0.1, 0.15) is 12.5 Å². The molecule has 2 N–H and O–H groups in total. The minimum absolute atomic E-state index is 0.0786. The van der Waals surface area contributed by atoms with Gasteiger partial charge in [0.1, 0.15) is 5.75 Å². The molecule has 0 heterocycles. The van der Waals surface area contributed by atoms with Crippen molar-refractivity contribution in [3.05, 3.63) is 59.1 Å². The topological polar surface area (TPSA) is 84.5 Å². The quantitative estimate of drug-likeness (QED) is 0.681. The number of ether oxygens (including phenoxy) is 1. The molecule has 0 aromatic heterocycles. The summed E-state index contributed by atoms with van der Waals surface area (Å²) in [7, 11) is -3.75. The number of carbonyl (C=O) groups is 1. The van der Waals surface area contributed by atoms with E-state index >= 15 is 0 Å². The summed E-state index contributed by atoms with van der Waals surface area (Å²) in [5, 5.41) is 3.33. The third-order valence-corrected chi connectivity index (χ3v) is 5.19. The monoisotopic (exact) mass is 396 g/mol. The molecule has 0 saturated heterocycles. The summed E-state index contributed by atoms with van der Waals surface area (Å²) in [5.41, 5.74) is 1.03. The van der Waals surface area contributed by atoms with Crippen LogP contribution >= 0.6 is 11.6 Å². The molecule has 8 heteroatoms. The van der Waals surface area contributed by atoms with Crippen molar-refractivity contribution >= 4 is 27.5 Å². The number of nitrogens with one attached hydrogen (secondary N) is 2. The van der Waals surface area contributed by atoms with Gasteiger partial charge in [0, 0.05) is 11.6 Å². The van der Waals surface area contributed by atoms with Gasteiger partial charge in [-0.15, -0.1) is 0 Å². The van der Waals surface area contributed by atoms with Gasteiger partial charge in [0.2, 0.25) is 15.9 Å². The van der Waals surface area contributed by atoms with Gasteiger partial charge >= 0.3 is 0 Å². The minimum Gasteiger partial charge on any atom is -0.494 e. The molecule has 2 aromatic carbocycles. The second-order valence-corrected chi connectivity index (χ2v) is 7.66. The van der Waals surface area contributed by atoms with Crippen molar-refractivity contribution in [2.45, 2.75) is 18.2 Å². The zero-order valence-corrected chi connectivity index (χ0v) is 15.9. The molecule has 0 aliphatic heterocycles. The third kappa shape index (κ3) is 6.33. The number of benzene rings is 2. The molecule has 0 fully saturated rings. The van der Waals surface area contributed by atoms with Crippen LogP contribution in [0.4, 0.5) is 0 Å². The van der Waals surface area contributed by atoms with Crippen LogP contribution < -0.4 is 14.8 Å². The van der Waals surface area contributed by atoms with Crippen molar-refractivity contribution in [2.24, 2.45) is 0 Å². The van der Waals surface area contributed by atoms with E-state index in [9.17, 15) is 13.2 Å². The van der Waals surface area contributed by atoms with Gasteiger partial charge in [-0.1, -0.05) is 23.7 Å². The summed E-state index contributed by atoms with van der Waals surface area (Å²) >= 11 is 5.81. The number of sulfonamides is 1. The summed E-state index contributed by atoms with van der Waals surface area (Å²) in [4.78, 5) is 11.9. The average Bonchev–Trinajstić information content (AvgIpc) is 2.63. The van der Waals surface area contributed by atoms with Crippen molar-refractivity contribution in [1.82, 2.24) is 10.0 Å². The molecule has 6 nitrogen and oxygen atoms in total. The van der Waals surface area contributed by atoms with Crippen LogP contribution in [0.3, 0.4) is 0 Å². The van der Waals surface area contributed by atoms with Crippen molar-refractivity contribution in [3.63, 3.8) is 0 Å². The Morgan fingerprint density at radius 3 is 2.35 bits per heavy atom. The van der Waals surface area contributed by atoms with E-state index in [-0.39, 0.29) is 11.4 Å². The lowest BCUT2D eigenvalue weighted by Gasteiger charge is -2.09. The molecule has 0 saturated carbocycles. The first kappa shape index (κ1) is 20.2. The molecule has 0 aliphatic rings. The number of carbonyl (C=O) groups excluding carboxylic acids is 1. The fourth-order valence-electron chi connectivity index (χ4n) is 2.19. The molecule has 2 rings (SSSR count). The Bertz CT molecular complexity index is 821. The maximum Gasteiger partial charge on any atom is 0.241 e. The van der Waals surface area contributed by atoms with Crippen molar-refractivity contribution in [1.29, 1.82) is 0 Å². The Kier molecular flexibility index (Phi) is 7.44. The SMILES string of the molecule is CCOc1ccc(S(=O)(=O)NCC(=O)NCCc2ccc(Cl)cc2)cc1. The molecule has 0 unspecified atom stereocenters. The Morgan fingerprint density at radius 1 is 1.08 bits per heavy atom. The van der Waals surface area contributed by atoms with E-state index in [4.69, 9.17) is 16.3 Å². The summed E-state index contributed by atoms with van der Waals surface area (Å²) in [5.74, 6) is 0.194. The second kappa shape index (κ2) is 9.56. The molecule has 26 heavy (non-hydrogen) atoms. The normalized spacial score (nSPS) is 11.2. The molecule has 0 atom stereocenters. The molecule has 0 radical (unpaired) electrons. The van der Waals surface area contributed by atoms with Gasteiger partial charge in [-0.3, -0.25) is 4.79 Å². The fraction of sp³-hybridized carbons (Fsp3) is 0.278. The molecule has 0 spiro atoms. The smallest absolute Gasteiger partial charge is 0.241 e. The molecule has 1 amide bonds. The van der Waals surface area contributed by atoms with E-state index in [1.54, 1.807) is 24.3 Å². The maximum absolute atomic E-state index is 12.2. The van der Waals surface area contributed by atoms with Crippen molar-refractivity contribution < 1.29 is 17.9 Å². The number of rotatable bonds is 9. The van der Waals surface area contributed by atoms with E-state index in [1.165, 1.54) is 12.1 Å². The van der Waals surface area contributed by atoms with Crippen LogP contribution in [0.25, 0.3) is 0 Å². The molecule has 0 bridgehead atoms. The highest BCUT2D eigenvalue weighted by atomic mass is 35.5. The van der Waals surface area contributed by atoms with Crippen LogP contribution in [0.2, 0.25) is 5.02 Å². The Balaban J connectivity index is 1.78. The largest absolute Gasteiger partial charge is 0.494 e. The average molecular weight is 397 g/mol. The highest BCUT2D eigenvalue weighted by molar-refractivity contribution is 7.89. The Hall–Kier alpha value is -2.09. The van der Waals surface area contributed by atoms with Crippen LogP contribution in [-0.4, -0.2) is 34.0 Å². The minimum atomic E-state index is -3.75. The van der Waals surface area contributed by atoms with E-state index in [1.807, 2.05) is 19.1 Å². The van der Waals surface area contributed by atoms with Crippen molar-refractivity contribution in [2.75, 3.05) is 19.7 Å². The van der Waals surface area contributed by atoms with Gasteiger partial charge in [-0.2, -0.15) is 0 Å². The summed E-state index contributed by atoms with van der Waals surface area (Å²) < 4.78 is 31.9. The first-order chi connectivity index (χ1) is 12.4. The van der Waals surface area contributed by atoms with E-state index in [2.05, 4.69) is 10.0 Å². The van der Waals surface area contributed by atoms with Gasteiger partial charge in [-0.05, 0) is 55.3 Å². The third-order valence-electron chi connectivity index (χ3n) is 3.52. The van der Waals surface area contributed by atoms with Crippen molar-refractivity contribution in [3.8, 4) is 5.75 Å². The number of amides is 1. The van der Waals surface area contributed by atoms with E-state index in [0.717, 1.165) is 5.56 Å². The lowest BCUT2D eigenvalue weighted by Crippen LogP contribution is -2.37. The fourth-order valence-corrected chi connectivity index (χ4v) is 3.29. The van der Waals surface area contributed by atoms with Crippen LogP contribution in [0.5, 0.6) is 5.75 Å². The van der Waals surface area contributed by atoms with Crippen LogP contribution in [-0.2, 0) is 21.2 Å². The van der Waals surface area contributed by atoms with Gasteiger partial charge in [0.25, 0.3) is 0 Å². The number of hydrogen-bond acceptors (Lipinski definition) is 4. The summed E-state index contributed by atoms with van der Waals surface area (Å²) in [6.07, 6.45) is 0.633. The van der Waals surface area contributed by atoms with E-state index < -0.39 is 15.9 Å². The van der Waals surface area contributed by atoms with Gasteiger partial charge in [0.15, 0.2) is 0 Å². The van der Waals surface area contributed by atoms with E-state index in [0.29, 0.717) is 30.3 Å². The van der Waals surface area contributed by atoms with Crippen LogP contribution in [0, 0.1) is 0 Å². The first-order valence-corrected chi connectivity index (χ1v) is 10.0. The number of halogens is 1. The first-order valence-electron chi connectivity index (χ1n) is 8.14. The predicted octanol–water partition coefficient (Wildman–Crippen LogP) is 2.38. The van der Waals surface area contributed by atoms with Crippen LogP contribution in [0.15, 0.2) is 53.4 Å². The number of hydrogen-bond donors (Lipinski definition) is 2. The van der Waals surface area contributed by atoms with Gasteiger partial charge < -0.3 is 10.1 Å². The maximum atomic E-state index is 12.2. The molecule has 0 aliphatic carbocycles. The van der Waals surface area contributed by atoms with Gasteiger partial charge in [-0.25, -0.2) is 13.1 Å². The zero-order valence-electron chi connectivity index (χ0n) is 14.4. The summed E-state index contributed by atoms with van der Waals surface area (Å²) in [6, 6.07) is 13.3. The zero-order chi connectivity index (χ0) is 19.0. The van der Waals surface area contributed by atoms with Gasteiger partial charge in [0.05, 0.1) is 18.0 Å². The molecule has 2 aromatic rings. The lowest BCUT2D eigenvalue weighted by atomic mass is 10.1. The lowest BCUT2D eigenvalue weighted by molar-refractivity contribution is -0.119.